The molecule has 2 heterocycles. The van der Waals surface area contributed by atoms with Crippen molar-refractivity contribution in [3.8, 4) is 0 Å². The number of nitrogens with one attached hydrogen (secondary N) is 2. The maximum Gasteiger partial charge on any atom is 0.317 e. The highest BCUT2D eigenvalue weighted by Crippen LogP contribution is 2.26. The molecular formula is C12H23N3O. The van der Waals surface area contributed by atoms with Gasteiger partial charge in [-0.2, -0.15) is 0 Å². The average Bonchev–Trinajstić information content (AvgIpc) is 2.61. The van der Waals surface area contributed by atoms with Crippen LogP contribution in [0.2, 0.25) is 0 Å². The summed E-state index contributed by atoms with van der Waals surface area (Å²) in [6.07, 6.45) is 1.15. The van der Waals surface area contributed by atoms with Crippen molar-refractivity contribution < 1.29 is 4.79 Å². The van der Waals surface area contributed by atoms with E-state index in [4.69, 9.17) is 0 Å². The molecule has 2 rings (SSSR count). The van der Waals surface area contributed by atoms with Gasteiger partial charge in [0.15, 0.2) is 0 Å². The van der Waals surface area contributed by atoms with Crippen LogP contribution in [0.4, 0.5) is 4.79 Å². The lowest BCUT2D eigenvalue weighted by molar-refractivity contribution is 0.145. The number of nitrogens with zero attached hydrogens (tertiary/aromatic N) is 1. The molecular weight excluding hydrogens is 202 g/mol. The number of rotatable bonds is 0. The number of hydrogen-bond donors (Lipinski definition) is 2. The predicted molar refractivity (Wildman–Crippen MR) is 64.3 cm³/mol. The number of amides is 2. The Labute approximate surface area is 97.8 Å². The Kier molecular flexibility index (Phi) is 3.10. The van der Waals surface area contributed by atoms with Crippen molar-refractivity contribution >= 4 is 6.03 Å². The molecule has 4 heteroatoms. The average molecular weight is 225 g/mol. The van der Waals surface area contributed by atoms with E-state index in [0.29, 0.717) is 5.92 Å². The van der Waals surface area contributed by atoms with Gasteiger partial charge >= 0.3 is 6.03 Å². The summed E-state index contributed by atoms with van der Waals surface area (Å²) in [6, 6.07) is 0.0952. The lowest BCUT2D eigenvalue weighted by Gasteiger charge is -2.36. The van der Waals surface area contributed by atoms with Crippen LogP contribution in [0.3, 0.4) is 0 Å². The first-order valence-electron chi connectivity index (χ1n) is 6.23. The number of carbonyl (C=O) groups excluding carboxylic acids is 1. The summed E-state index contributed by atoms with van der Waals surface area (Å²) in [7, 11) is 0. The number of hydrogen-bond acceptors (Lipinski definition) is 2. The zero-order chi connectivity index (χ0) is 11.8. The third-order valence-electron chi connectivity index (χ3n) is 3.47. The molecule has 2 aliphatic heterocycles. The first kappa shape index (κ1) is 11.7. The Morgan fingerprint density at radius 1 is 1.31 bits per heavy atom. The van der Waals surface area contributed by atoms with E-state index in [-0.39, 0.29) is 11.6 Å². The van der Waals surface area contributed by atoms with Crippen molar-refractivity contribution in [2.24, 2.45) is 11.8 Å². The Morgan fingerprint density at radius 3 is 2.69 bits per heavy atom. The standard InChI is InChI=1S/C12H23N3O/c1-12(2,3)14-11(16)15-5-4-9-6-13-7-10(9)8-15/h9-10,13H,4-8H2,1-3H3,(H,14,16). The molecule has 16 heavy (non-hydrogen) atoms. The maximum atomic E-state index is 12.0. The van der Waals surface area contributed by atoms with Gasteiger partial charge in [-0.25, -0.2) is 4.79 Å². The molecule has 2 aliphatic rings. The fourth-order valence-electron chi connectivity index (χ4n) is 2.62. The fraction of sp³-hybridized carbons (Fsp3) is 0.917. The minimum Gasteiger partial charge on any atom is -0.333 e. The summed E-state index contributed by atoms with van der Waals surface area (Å²) in [4.78, 5) is 14.0. The van der Waals surface area contributed by atoms with Gasteiger partial charge in [0.05, 0.1) is 0 Å². The van der Waals surface area contributed by atoms with Crippen LogP contribution in [0.5, 0.6) is 0 Å². The number of likely N-dealkylation sites (tertiary alicyclic amines) is 1. The first-order chi connectivity index (χ1) is 7.46. The van der Waals surface area contributed by atoms with Gasteiger partial charge in [-0.15, -0.1) is 0 Å². The van der Waals surface area contributed by atoms with Gasteiger partial charge in [0, 0.05) is 18.6 Å². The van der Waals surface area contributed by atoms with Gasteiger partial charge in [-0.05, 0) is 52.1 Å². The van der Waals surface area contributed by atoms with Crippen molar-refractivity contribution in [1.82, 2.24) is 15.5 Å². The zero-order valence-electron chi connectivity index (χ0n) is 10.5. The van der Waals surface area contributed by atoms with E-state index in [9.17, 15) is 4.79 Å². The Balaban J connectivity index is 1.89. The molecule has 2 fully saturated rings. The van der Waals surface area contributed by atoms with Gasteiger partial charge in [-0.3, -0.25) is 0 Å². The van der Waals surface area contributed by atoms with Crippen molar-refractivity contribution in [3.63, 3.8) is 0 Å². The molecule has 0 saturated carbocycles. The molecule has 2 N–H and O–H groups in total. The van der Waals surface area contributed by atoms with Crippen LogP contribution >= 0.6 is 0 Å². The van der Waals surface area contributed by atoms with E-state index in [1.165, 1.54) is 0 Å². The molecule has 2 atom stereocenters. The smallest absolute Gasteiger partial charge is 0.317 e. The molecule has 0 aromatic heterocycles. The third-order valence-corrected chi connectivity index (χ3v) is 3.47. The van der Waals surface area contributed by atoms with Crippen molar-refractivity contribution in [2.45, 2.75) is 32.7 Å². The van der Waals surface area contributed by atoms with E-state index in [1.807, 2.05) is 25.7 Å². The molecule has 4 nitrogen and oxygen atoms in total. The van der Waals surface area contributed by atoms with E-state index in [1.54, 1.807) is 0 Å². The van der Waals surface area contributed by atoms with Crippen LogP contribution in [-0.4, -0.2) is 42.6 Å². The Morgan fingerprint density at radius 2 is 2.00 bits per heavy atom. The van der Waals surface area contributed by atoms with Crippen LogP contribution < -0.4 is 10.6 Å². The highest BCUT2D eigenvalue weighted by molar-refractivity contribution is 5.75. The number of fused-ring (bicyclic) bond motifs is 1. The van der Waals surface area contributed by atoms with Gasteiger partial charge in [0.25, 0.3) is 0 Å². The number of piperidine rings is 1. The molecule has 0 aromatic rings. The van der Waals surface area contributed by atoms with Gasteiger partial charge in [0.1, 0.15) is 0 Å². The van der Waals surface area contributed by atoms with Crippen LogP contribution in [-0.2, 0) is 0 Å². The Bertz CT molecular complexity index is 272. The number of carbonyl (C=O) groups is 1. The second-order valence-corrected chi connectivity index (χ2v) is 6.09. The van der Waals surface area contributed by atoms with E-state index >= 15 is 0 Å². The second-order valence-electron chi connectivity index (χ2n) is 6.09. The van der Waals surface area contributed by atoms with Crippen LogP contribution in [0.1, 0.15) is 27.2 Å². The topological polar surface area (TPSA) is 44.4 Å². The molecule has 92 valence electrons. The molecule has 0 spiro atoms. The largest absolute Gasteiger partial charge is 0.333 e. The van der Waals surface area contributed by atoms with Crippen LogP contribution in [0.15, 0.2) is 0 Å². The summed E-state index contributed by atoms with van der Waals surface area (Å²) >= 11 is 0. The zero-order valence-corrected chi connectivity index (χ0v) is 10.5. The normalized spacial score (nSPS) is 30.1. The van der Waals surface area contributed by atoms with E-state index in [0.717, 1.165) is 38.5 Å². The molecule has 0 radical (unpaired) electrons. The van der Waals surface area contributed by atoms with Crippen LogP contribution in [0.25, 0.3) is 0 Å². The maximum absolute atomic E-state index is 12.0. The third kappa shape index (κ3) is 2.67. The minimum absolute atomic E-state index is 0.0952. The second kappa shape index (κ2) is 4.24. The minimum atomic E-state index is -0.137. The van der Waals surface area contributed by atoms with Crippen molar-refractivity contribution in [3.05, 3.63) is 0 Å². The quantitative estimate of drug-likeness (QED) is 0.647. The SMILES string of the molecule is CC(C)(C)NC(=O)N1CCC2CNCC2C1. The Hall–Kier alpha value is -0.770. The highest BCUT2D eigenvalue weighted by Gasteiger charge is 2.34. The summed E-state index contributed by atoms with van der Waals surface area (Å²) in [5.41, 5.74) is -0.137. The summed E-state index contributed by atoms with van der Waals surface area (Å²) < 4.78 is 0. The van der Waals surface area contributed by atoms with Crippen molar-refractivity contribution in [2.75, 3.05) is 26.2 Å². The predicted octanol–water partition coefficient (Wildman–Crippen LogP) is 1.04. The van der Waals surface area contributed by atoms with E-state index in [2.05, 4.69) is 10.6 Å². The number of urea groups is 1. The first-order valence-corrected chi connectivity index (χ1v) is 6.23. The molecule has 0 aromatic carbocycles. The van der Waals surface area contributed by atoms with Gasteiger partial charge < -0.3 is 15.5 Å². The van der Waals surface area contributed by atoms with E-state index < -0.39 is 0 Å². The summed E-state index contributed by atoms with van der Waals surface area (Å²) in [6.45, 7) is 10.1. The van der Waals surface area contributed by atoms with Gasteiger partial charge in [0.2, 0.25) is 0 Å². The van der Waals surface area contributed by atoms with Crippen molar-refractivity contribution in [1.29, 1.82) is 0 Å². The highest BCUT2D eigenvalue weighted by atomic mass is 16.2. The summed E-state index contributed by atoms with van der Waals surface area (Å²) in [5, 5.41) is 6.45. The lowest BCUT2D eigenvalue weighted by atomic mass is 9.89. The molecule has 0 bridgehead atoms. The molecule has 0 aliphatic carbocycles. The summed E-state index contributed by atoms with van der Waals surface area (Å²) in [5.74, 6) is 1.46. The fourth-order valence-corrected chi connectivity index (χ4v) is 2.62. The lowest BCUT2D eigenvalue weighted by Crippen LogP contribution is -2.52. The van der Waals surface area contributed by atoms with Gasteiger partial charge in [-0.1, -0.05) is 0 Å². The monoisotopic (exact) mass is 225 g/mol. The molecule has 2 amide bonds. The molecule has 2 unspecified atom stereocenters. The van der Waals surface area contributed by atoms with Crippen LogP contribution in [0, 0.1) is 11.8 Å². The molecule has 2 saturated heterocycles.